The average Bonchev–Trinajstić information content (AvgIpc) is 3.15. The molecule has 0 radical (unpaired) electrons. The molecule has 19 heavy (non-hydrogen) atoms. The fourth-order valence-corrected chi connectivity index (χ4v) is 2.25. The van der Waals surface area contributed by atoms with Crippen LogP contribution < -0.4 is 5.32 Å². The summed E-state index contributed by atoms with van der Waals surface area (Å²) in [6.45, 7) is 1.72. The van der Waals surface area contributed by atoms with Crippen molar-refractivity contribution in [2.75, 3.05) is 6.61 Å². The molecule has 1 saturated carbocycles. The molecule has 1 aromatic carbocycles. The monoisotopic (exact) mass is 269 g/mol. The van der Waals surface area contributed by atoms with Crippen molar-refractivity contribution in [2.45, 2.75) is 31.7 Å². The van der Waals surface area contributed by atoms with Gasteiger partial charge in [-0.25, -0.2) is 8.78 Å². The first-order chi connectivity index (χ1) is 9.08. The van der Waals surface area contributed by atoms with Gasteiger partial charge in [-0.15, -0.1) is 0 Å². The van der Waals surface area contributed by atoms with Gasteiger partial charge >= 0.3 is 0 Å². The van der Waals surface area contributed by atoms with Crippen LogP contribution in [-0.4, -0.2) is 23.7 Å². The van der Waals surface area contributed by atoms with Crippen LogP contribution >= 0.6 is 0 Å². The Bertz CT molecular complexity index is 454. The van der Waals surface area contributed by atoms with Crippen molar-refractivity contribution in [1.82, 2.24) is 5.32 Å². The molecule has 0 aliphatic heterocycles. The number of aliphatic hydroxyl groups is 1. The Morgan fingerprint density at radius 1 is 1.47 bits per heavy atom. The topological polar surface area (TPSA) is 49.3 Å². The minimum atomic E-state index is -0.602. The standard InChI is InChI=1S/C14H17F2NO2/c1-2-8(7-18)17-14(19)10-6-9(10)13-11(15)4-3-5-12(13)16/h3-5,8-10,18H,2,6-7H2,1H3,(H,17,19). The van der Waals surface area contributed by atoms with Gasteiger partial charge in [0.15, 0.2) is 0 Å². The van der Waals surface area contributed by atoms with E-state index < -0.39 is 23.5 Å². The van der Waals surface area contributed by atoms with Gasteiger partial charge in [0, 0.05) is 17.4 Å². The third kappa shape index (κ3) is 2.92. The van der Waals surface area contributed by atoms with Crippen molar-refractivity contribution in [3.8, 4) is 0 Å². The van der Waals surface area contributed by atoms with E-state index in [1.807, 2.05) is 6.92 Å². The van der Waals surface area contributed by atoms with Crippen molar-refractivity contribution in [2.24, 2.45) is 5.92 Å². The molecular weight excluding hydrogens is 252 g/mol. The molecule has 3 atom stereocenters. The van der Waals surface area contributed by atoms with Crippen LogP contribution in [-0.2, 0) is 4.79 Å². The Kier molecular flexibility index (Phi) is 4.14. The molecular formula is C14H17F2NO2. The molecule has 0 bridgehead atoms. The minimum Gasteiger partial charge on any atom is -0.394 e. The van der Waals surface area contributed by atoms with Crippen LogP contribution in [0.5, 0.6) is 0 Å². The number of aliphatic hydroxyl groups excluding tert-OH is 1. The highest BCUT2D eigenvalue weighted by Crippen LogP contribution is 2.49. The molecule has 0 spiro atoms. The number of carbonyl (C=O) groups is 1. The molecule has 1 amide bonds. The van der Waals surface area contributed by atoms with E-state index in [1.165, 1.54) is 18.2 Å². The number of amides is 1. The lowest BCUT2D eigenvalue weighted by Gasteiger charge is -2.14. The van der Waals surface area contributed by atoms with Crippen molar-refractivity contribution in [3.63, 3.8) is 0 Å². The van der Waals surface area contributed by atoms with Gasteiger partial charge in [0.2, 0.25) is 5.91 Å². The third-order valence-corrected chi connectivity index (χ3v) is 3.56. The Labute approximate surface area is 110 Å². The first kappa shape index (κ1) is 13.9. The number of rotatable bonds is 5. The lowest BCUT2D eigenvalue weighted by Crippen LogP contribution is -2.38. The summed E-state index contributed by atoms with van der Waals surface area (Å²) < 4.78 is 27.1. The van der Waals surface area contributed by atoms with Crippen LogP contribution in [0.25, 0.3) is 0 Å². The first-order valence-electron chi connectivity index (χ1n) is 6.43. The maximum absolute atomic E-state index is 13.6. The lowest BCUT2D eigenvalue weighted by atomic mass is 10.1. The Morgan fingerprint density at radius 2 is 2.11 bits per heavy atom. The predicted octanol–water partition coefficient (Wildman–Crippen LogP) is 1.96. The summed E-state index contributed by atoms with van der Waals surface area (Å²) in [5.41, 5.74) is -0.000281. The minimum absolute atomic E-state index is 0.000281. The number of benzene rings is 1. The van der Waals surface area contributed by atoms with E-state index in [1.54, 1.807) is 0 Å². The molecule has 1 fully saturated rings. The third-order valence-electron chi connectivity index (χ3n) is 3.56. The molecule has 0 saturated heterocycles. The van der Waals surface area contributed by atoms with Gasteiger partial charge in [-0.1, -0.05) is 13.0 Å². The van der Waals surface area contributed by atoms with E-state index in [4.69, 9.17) is 5.11 Å². The lowest BCUT2D eigenvalue weighted by molar-refractivity contribution is -0.123. The summed E-state index contributed by atoms with van der Waals surface area (Å²) in [7, 11) is 0. The molecule has 1 aromatic rings. The van der Waals surface area contributed by atoms with E-state index in [-0.39, 0.29) is 24.1 Å². The summed E-state index contributed by atoms with van der Waals surface area (Å²) in [5, 5.41) is 11.7. The highest BCUT2D eigenvalue weighted by atomic mass is 19.1. The van der Waals surface area contributed by atoms with E-state index in [0.717, 1.165) is 0 Å². The number of hydrogen-bond acceptors (Lipinski definition) is 2. The zero-order valence-electron chi connectivity index (χ0n) is 10.7. The van der Waals surface area contributed by atoms with Crippen LogP contribution in [0, 0.1) is 17.6 Å². The van der Waals surface area contributed by atoms with Crippen molar-refractivity contribution in [1.29, 1.82) is 0 Å². The fraction of sp³-hybridized carbons (Fsp3) is 0.500. The molecule has 2 rings (SSSR count). The van der Waals surface area contributed by atoms with Crippen LogP contribution in [0.3, 0.4) is 0 Å². The summed E-state index contributed by atoms with van der Waals surface area (Å²) in [5.74, 6) is -2.23. The number of carbonyl (C=O) groups excluding carboxylic acids is 1. The molecule has 1 aliphatic carbocycles. The maximum Gasteiger partial charge on any atom is 0.224 e. The largest absolute Gasteiger partial charge is 0.394 e. The predicted molar refractivity (Wildman–Crippen MR) is 66.5 cm³/mol. The van der Waals surface area contributed by atoms with Crippen molar-refractivity contribution >= 4 is 5.91 Å². The van der Waals surface area contributed by atoms with E-state index in [0.29, 0.717) is 12.8 Å². The zero-order chi connectivity index (χ0) is 14.0. The highest BCUT2D eigenvalue weighted by Gasteiger charge is 2.46. The Balaban J connectivity index is 2.03. The molecule has 3 nitrogen and oxygen atoms in total. The summed E-state index contributed by atoms with van der Waals surface area (Å²) in [6.07, 6.45) is 1.07. The highest BCUT2D eigenvalue weighted by molar-refractivity contribution is 5.83. The number of halogens is 2. The molecule has 104 valence electrons. The number of hydrogen-bond donors (Lipinski definition) is 2. The van der Waals surface area contributed by atoms with Gasteiger partial charge in [0.25, 0.3) is 0 Å². The molecule has 5 heteroatoms. The van der Waals surface area contributed by atoms with Crippen LogP contribution in [0.1, 0.15) is 31.2 Å². The first-order valence-corrected chi connectivity index (χ1v) is 6.43. The second kappa shape index (κ2) is 5.65. The van der Waals surface area contributed by atoms with E-state index >= 15 is 0 Å². The summed E-state index contributed by atoms with van der Waals surface area (Å²) in [6, 6.07) is 3.42. The summed E-state index contributed by atoms with van der Waals surface area (Å²) in [4.78, 5) is 11.9. The molecule has 0 aromatic heterocycles. The molecule has 3 unspecified atom stereocenters. The SMILES string of the molecule is CCC(CO)NC(=O)C1CC1c1c(F)cccc1F. The van der Waals surface area contributed by atoms with Crippen LogP contribution in [0.4, 0.5) is 8.78 Å². The van der Waals surface area contributed by atoms with Crippen LogP contribution in [0.2, 0.25) is 0 Å². The zero-order valence-corrected chi connectivity index (χ0v) is 10.7. The normalized spacial score (nSPS) is 22.9. The van der Waals surface area contributed by atoms with E-state index in [9.17, 15) is 13.6 Å². The van der Waals surface area contributed by atoms with Crippen molar-refractivity contribution in [3.05, 3.63) is 35.4 Å². The summed E-state index contributed by atoms with van der Waals surface area (Å²) >= 11 is 0. The van der Waals surface area contributed by atoms with Crippen molar-refractivity contribution < 1.29 is 18.7 Å². The van der Waals surface area contributed by atoms with Gasteiger partial charge in [-0.05, 0) is 25.0 Å². The van der Waals surface area contributed by atoms with Gasteiger partial charge in [0.05, 0.1) is 12.6 Å². The Morgan fingerprint density at radius 3 is 2.63 bits per heavy atom. The van der Waals surface area contributed by atoms with Gasteiger partial charge < -0.3 is 10.4 Å². The second-order valence-electron chi connectivity index (χ2n) is 4.88. The number of nitrogens with one attached hydrogen (secondary N) is 1. The van der Waals surface area contributed by atoms with Crippen LogP contribution in [0.15, 0.2) is 18.2 Å². The molecule has 1 aliphatic rings. The van der Waals surface area contributed by atoms with E-state index in [2.05, 4.69) is 5.32 Å². The van der Waals surface area contributed by atoms with Gasteiger partial charge in [0.1, 0.15) is 11.6 Å². The average molecular weight is 269 g/mol. The second-order valence-corrected chi connectivity index (χ2v) is 4.88. The van der Waals surface area contributed by atoms with Gasteiger partial charge in [-0.3, -0.25) is 4.79 Å². The smallest absolute Gasteiger partial charge is 0.224 e. The fourth-order valence-electron chi connectivity index (χ4n) is 2.25. The Hall–Kier alpha value is -1.49. The molecule has 2 N–H and O–H groups in total. The van der Waals surface area contributed by atoms with Gasteiger partial charge in [-0.2, -0.15) is 0 Å². The molecule has 0 heterocycles. The quantitative estimate of drug-likeness (QED) is 0.858. The maximum atomic E-state index is 13.6.